The fourth-order valence-electron chi connectivity index (χ4n) is 2.73. The maximum Gasteiger partial charge on any atom is 0.469 e. The summed E-state index contributed by atoms with van der Waals surface area (Å²) in [5.74, 6) is -0.108. The van der Waals surface area contributed by atoms with Crippen LogP contribution in [0.4, 0.5) is 5.82 Å². The largest absolute Gasteiger partial charge is 0.469 e. The number of aliphatic hydroxyl groups is 2. The average molecular weight is 438 g/mol. The lowest BCUT2D eigenvalue weighted by Gasteiger charge is -2.17. The second-order valence-corrected chi connectivity index (χ2v) is 7.58. The third-order valence-electron chi connectivity index (χ3n) is 4.49. The van der Waals surface area contributed by atoms with E-state index in [0.717, 1.165) is 4.57 Å². The first-order valence-corrected chi connectivity index (χ1v) is 10.8. The van der Waals surface area contributed by atoms with Gasteiger partial charge in [-0.3, -0.25) is 9.09 Å². The van der Waals surface area contributed by atoms with Crippen LogP contribution in [0.1, 0.15) is 39.0 Å². The van der Waals surface area contributed by atoms with Gasteiger partial charge in [0.05, 0.1) is 19.3 Å². The highest BCUT2D eigenvalue weighted by Crippen LogP contribution is 2.38. The van der Waals surface area contributed by atoms with Crippen LogP contribution in [0.3, 0.4) is 0 Å². The normalized spacial score (nSPS) is 21.9. The van der Waals surface area contributed by atoms with Gasteiger partial charge in [-0.05, 0) is 19.6 Å². The molecule has 0 aliphatic carbocycles. The highest BCUT2D eigenvalue weighted by Gasteiger charge is 2.37. The Hall–Kier alpha value is -1.37. The zero-order chi connectivity index (χ0) is 22.2. The highest BCUT2D eigenvalue weighted by molar-refractivity contribution is 7.46. The summed E-state index contributed by atoms with van der Waals surface area (Å²) in [5.41, 5.74) is 4.95. The molecular formula is C16H31N4O8P. The van der Waals surface area contributed by atoms with Gasteiger partial charge < -0.3 is 35.4 Å². The first kappa shape index (κ1) is 25.7. The van der Waals surface area contributed by atoms with Crippen LogP contribution in [0.2, 0.25) is 0 Å². The Morgan fingerprint density at radius 1 is 1.34 bits per heavy atom. The van der Waals surface area contributed by atoms with Crippen molar-refractivity contribution < 1.29 is 33.8 Å². The number of phosphoric acid groups is 1. The first-order chi connectivity index (χ1) is 13.6. The van der Waals surface area contributed by atoms with E-state index in [1.165, 1.54) is 25.8 Å². The number of hydrogen-bond donors (Lipinski definition) is 5. The van der Waals surface area contributed by atoms with Crippen LogP contribution < -0.4 is 11.4 Å². The van der Waals surface area contributed by atoms with Gasteiger partial charge >= 0.3 is 13.5 Å². The molecule has 0 radical (unpaired) electrons. The van der Waals surface area contributed by atoms with E-state index in [4.69, 9.17) is 25.4 Å². The van der Waals surface area contributed by atoms with Crippen LogP contribution in [0.15, 0.2) is 11.0 Å². The summed E-state index contributed by atoms with van der Waals surface area (Å²) in [5, 5.41) is 18.9. The molecular weight excluding hydrogens is 407 g/mol. The molecule has 1 saturated heterocycles. The number of hydrogen-bond acceptors (Lipinski definition) is 9. The van der Waals surface area contributed by atoms with Crippen molar-refractivity contribution in [3.05, 3.63) is 22.2 Å². The molecule has 168 valence electrons. The minimum absolute atomic E-state index is 0.00837. The van der Waals surface area contributed by atoms with E-state index in [1.54, 1.807) is 0 Å². The topological polar surface area (TPSA) is 181 Å². The van der Waals surface area contributed by atoms with Crippen molar-refractivity contribution in [1.29, 1.82) is 0 Å². The van der Waals surface area contributed by atoms with Gasteiger partial charge in [-0.2, -0.15) is 4.98 Å². The average Bonchev–Trinajstić information content (AvgIpc) is 3.02. The Bertz CT molecular complexity index is 731. The number of aliphatic hydroxyl groups excluding tert-OH is 2. The van der Waals surface area contributed by atoms with Crippen LogP contribution in [0.25, 0.3) is 0 Å². The van der Waals surface area contributed by atoms with Gasteiger partial charge in [0.15, 0.2) is 0 Å². The molecule has 0 spiro atoms. The molecule has 0 bridgehead atoms. The summed E-state index contributed by atoms with van der Waals surface area (Å²) in [7, 11) is -4.69. The van der Waals surface area contributed by atoms with Gasteiger partial charge in [-0.15, -0.1) is 0 Å². The monoisotopic (exact) mass is 438 g/mol. The number of aromatic nitrogens is 2. The van der Waals surface area contributed by atoms with Gasteiger partial charge in [0, 0.05) is 18.2 Å². The minimum Gasteiger partial charge on any atom is -0.391 e. The molecule has 0 saturated carbocycles. The van der Waals surface area contributed by atoms with Crippen molar-refractivity contribution in [3.63, 3.8) is 0 Å². The lowest BCUT2D eigenvalue weighted by molar-refractivity contribution is -0.0451. The number of nitrogens with two attached hydrogens (primary N) is 1. The zero-order valence-corrected chi connectivity index (χ0v) is 17.7. The van der Waals surface area contributed by atoms with Crippen molar-refractivity contribution in [1.82, 2.24) is 14.5 Å². The number of phosphoric ester groups is 1. The predicted molar refractivity (Wildman–Crippen MR) is 105 cm³/mol. The molecule has 6 N–H and O–H groups in total. The van der Waals surface area contributed by atoms with E-state index < -0.39 is 45.2 Å². The molecule has 3 atom stereocenters. The Balaban J connectivity index is 0.000000516. The van der Waals surface area contributed by atoms with Gasteiger partial charge in [-0.25, -0.2) is 9.36 Å². The summed E-state index contributed by atoms with van der Waals surface area (Å²) >= 11 is 0. The molecule has 2 heterocycles. The molecule has 13 heteroatoms. The van der Waals surface area contributed by atoms with E-state index in [1.807, 2.05) is 0 Å². The molecule has 1 aromatic heterocycles. The van der Waals surface area contributed by atoms with E-state index in [-0.39, 0.29) is 17.8 Å². The fraction of sp³-hybridized carbons (Fsp3) is 0.750. The molecule has 2 rings (SSSR count). The summed E-state index contributed by atoms with van der Waals surface area (Å²) in [6, 6.07) is 0. The van der Waals surface area contributed by atoms with Gasteiger partial charge in [0.1, 0.15) is 18.1 Å². The fourth-order valence-corrected chi connectivity index (χ4v) is 3.07. The summed E-state index contributed by atoms with van der Waals surface area (Å²) in [6.45, 7) is 9.16. The minimum atomic E-state index is -4.69. The van der Waals surface area contributed by atoms with Gasteiger partial charge in [0.2, 0.25) is 0 Å². The molecule has 1 aromatic rings. The number of nitrogen functional groups attached to an aromatic ring is 1. The molecule has 0 amide bonds. The molecule has 1 aliphatic heterocycles. The molecule has 29 heavy (non-hydrogen) atoms. The Kier molecular flexibility index (Phi) is 10.4. The molecule has 0 unspecified atom stereocenters. The summed E-state index contributed by atoms with van der Waals surface area (Å²) in [6.07, 6.45) is -1.76. The Morgan fingerprint density at radius 2 is 1.93 bits per heavy atom. The smallest absolute Gasteiger partial charge is 0.391 e. The van der Waals surface area contributed by atoms with Crippen molar-refractivity contribution in [2.24, 2.45) is 0 Å². The Labute approximate surface area is 169 Å². The van der Waals surface area contributed by atoms with Gasteiger partial charge in [0.25, 0.3) is 0 Å². The van der Waals surface area contributed by atoms with E-state index >= 15 is 0 Å². The molecule has 12 nitrogen and oxygen atoms in total. The Morgan fingerprint density at radius 3 is 2.38 bits per heavy atom. The van der Waals surface area contributed by atoms with E-state index in [0.29, 0.717) is 0 Å². The maximum atomic E-state index is 11.8. The number of anilines is 1. The third-order valence-corrected chi connectivity index (χ3v) is 4.98. The standard InChI is InChI=1S/C10H16N3O8P.C6H15N/c11-9-5(3-14)2-13(10(16)12-9)8-1-6(15)7(21-8)4-20-22(17,18)19;1-4-7(5-2)6-3/h2,6-8,14-15H,1,3-4H2,(H2,11,12,16)(H2,17,18,19);4-6H2,1-3H3/t6-,7+,8+;/m0./s1. The number of nitrogens with zero attached hydrogens (tertiary/aromatic N) is 3. The third kappa shape index (κ3) is 8.11. The zero-order valence-electron chi connectivity index (χ0n) is 16.8. The second kappa shape index (κ2) is 11.7. The molecule has 1 aliphatic rings. The SMILES string of the molecule is CCN(CC)CC.Nc1nc(=O)n([C@H]2C[C@H](O)[C@@H](COP(=O)(O)O)O2)cc1CO. The number of ether oxygens (including phenoxy) is 1. The van der Waals surface area contributed by atoms with E-state index in [9.17, 15) is 14.5 Å². The van der Waals surface area contributed by atoms with Crippen LogP contribution in [-0.4, -0.2) is 72.9 Å². The predicted octanol–water partition coefficient (Wildman–Crippen LogP) is -0.576. The number of rotatable bonds is 8. The highest BCUT2D eigenvalue weighted by atomic mass is 31.2. The molecule has 1 fully saturated rings. The second-order valence-electron chi connectivity index (χ2n) is 6.34. The van der Waals surface area contributed by atoms with Crippen molar-refractivity contribution >= 4 is 13.6 Å². The summed E-state index contributed by atoms with van der Waals surface area (Å²) < 4.78 is 21.3. The first-order valence-electron chi connectivity index (χ1n) is 9.30. The van der Waals surface area contributed by atoms with Crippen LogP contribution in [0, 0.1) is 0 Å². The maximum absolute atomic E-state index is 11.8. The van der Waals surface area contributed by atoms with Gasteiger partial charge in [-0.1, -0.05) is 20.8 Å². The van der Waals surface area contributed by atoms with E-state index in [2.05, 4.69) is 35.2 Å². The van der Waals surface area contributed by atoms with Crippen LogP contribution >= 0.6 is 7.82 Å². The van der Waals surface area contributed by atoms with Crippen molar-refractivity contribution in [2.45, 2.75) is 52.2 Å². The lowest BCUT2D eigenvalue weighted by atomic mass is 10.2. The molecule has 0 aromatic carbocycles. The van der Waals surface area contributed by atoms with Crippen LogP contribution in [-0.2, 0) is 20.4 Å². The van der Waals surface area contributed by atoms with Crippen molar-refractivity contribution in [3.8, 4) is 0 Å². The quantitative estimate of drug-likeness (QED) is 0.328. The van der Waals surface area contributed by atoms with Crippen molar-refractivity contribution in [2.75, 3.05) is 32.0 Å². The summed E-state index contributed by atoms with van der Waals surface area (Å²) in [4.78, 5) is 35.0. The lowest BCUT2D eigenvalue weighted by Crippen LogP contribution is -2.29. The van der Waals surface area contributed by atoms with Crippen LogP contribution in [0.5, 0.6) is 0 Å².